The molecule has 0 aliphatic carbocycles. The zero-order valence-corrected chi connectivity index (χ0v) is 14.9. The van der Waals surface area contributed by atoms with Gasteiger partial charge in [-0.15, -0.1) is 0 Å². The Bertz CT molecular complexity index is 1050. The van der Waals surface area contributed by atoms with Gasteiger partial charge in [-0.05, 0) is 37.3 Å². The first kappa shape index (κ1) is 18.2. The third kappa shape index (κ3) is 3.84. The Balaban J connectivity index is 1.84. The maximum absolute atomic E-state index is 12.4. The first-order chi connectivity index (χ1) is 13.0. The number of benzene rings is 2. The van der Waals surface area contributed by atoms with Crippen LogP contribution in [-0.4, -0.2) is 30.2 Å². The Morgan fingerprint density at radius 1 is 1.19 bits per heavy atom. The van der Waals surface area contributed by atoms with Gasteiger partial charge in [-0.1, -0.05) is 12.1 Å². The van der Waals surface area contributed by atoms with Gasteiger partial charge < -0.3 is 19.2 Å². The molecule has 0 bridgehead atoms. The highest BCUT2D eigenvalue weighted by molar-refractivity contribution is 5.94. The molecule has 0 unspecified atom stereocenters. The van der Waals surface area contributed by atoms with Crippen LogP contribution in [0.4, 0.5) is 5.69 Å². The van der Waals surface area contributed by atoms with Gasteiger partial charge in [0.05, 0.1) is 30.5 Å². The summed E-state index contributed by atoms with van der Waals surface area (Å²) in [5.74, 6) is -1.11. The number of rotatable bonds is 6. The molecule has 0 radical (unpaired) electrons. The smallest absolute Gasteiger partial charge is 0.420 e. The normalized spacial score (nSPS) is 10.6. The van der Waals surface area contributed by atoms with E-state index in [1.807, 2.05) is 6.92 Å². The summed E-state index contributed by atoms with van der Waals surface area (Å²) in [7, 11) is 1.26. The van der Waals surface area contributed by atoms with Crippen LogP contribution in [0.2, 0.25) is 0 Å². The van der Waals surface area contributed by atoms with E-state index in [0.717, 1.165) is 0 Å². The summed E-state index contributed by atoms with van der Waals surface area (Å²) < 4.78 is 16.4. The fourth-order valence-corrected chi connectivity index (χ4v) is 2.65. The van der Waals surface area contributed by atoms with Crippen molar-refractivity contribution in [3.63, 3.8) is 0 Å². The van der Waals surface area contributed by atoms with Crippen LogP contribution in [0.5, 0.6) is 5.75 Å². The van der Waals surface area contributed by atoms with Gasteiger partial charge in [0.25, 0.3) is 0 Å². The summed E-state index contributed by atoms with van der Waals surface area (Å²) in [6.07, 6.45) is 0. The molecule has 0 aliphatic rings. The first-order valence-electron chi connectivity index (χ1n) is 8.27. The molecule has 0 fully saturated rings. The molecular formula is C19H18N2O6. The number of methoxy groups -OCH3 is 1. The van der Waals surface area contributed by atoms with Crippen molar-refractivity contribution in [2.45, 2.75) is 13.5 Å². The number of hydrogen-bond donors (Lipinski definition) is 1. The molecule has 2 aromatic carbocycles. The lowest BCUT2D eigenvalue weighted by atomic mass is 10.2. The lowest BCUT2D eigenvalue weighted by Gasteiger charge is -2.11. The quantitative estimate of drug-likeness (QED) is 0.669. The second-order valence-corrected chi connectivity index (χ2v) is 5.61. The summed E-state index contributed by atoms with van der Waals surface area (Å²) >= 11 is 0. The van der Waals surface area contributed by atoms with Crippen molar-refractivity contribution in [1.82, 2.24) is 4.57 Å². The lowest BCUT2D eigenvalue weighted by molar-refractivity contribution is -0.116. The highest BCUT2D eigenvalue weighted by atomic mass is 16.5. The molecule has 3 rings (SSSR count). The number of esters is 1. The number of amides is 1. The summed E-state index contributed by atoms with van der Waals surface area (Å²) in [5.41, 5.74) is 1.37. The van der Waals surface area contributed by atoms with Gasteiger partial charge in [0.2, 0.25) is 5.91 Å². The summed E-state index contributed by atoms with van der Waals surface area (Å²) in [6.45, 7) is 2.06. The van der Waals surface area contributed by atoms with Gasteiger partial charge in [0, 0.05) is 0 Å². The highest BCUT2D eigenvalue weighted by Gasteiger charge is 2.16. The van der Waals surface area contributed by atoms with E-state index in [2.05, 4.69) is 10.1 Å². The minimum Gasteiger partial charge on any atom is -0.492 e. The largest absolute Gasteiger partial charge is 0.492 e. The van der Waals surface area contributed by atoms with Crippen LogP contribution in [0.1, 0.15) is 17.3 Å². The van der Waals surface area contributed by atoms with Crippen molar-refractivity contribution in [3.05, 3.63) is 58.6 Å². The number of ether oxygens (including phenoxy) is 2. The number of hydrogen-bond acceptors (Lipinski definition) is 6. The summed E-state index contributed by atoms with van der Waals surface area (Å²) in [4.78, 5) is 36.1. The van der Waals surface area contributed by atoms with Gasteiger partial charge in [-0.25, -0.2) is 9.59 Å². The Morgan fingerprint density at radius 2 is 1.96 bits per heavy atom. The van der Waals surface area contributed by atoms with Crippen LogP contribution in [-0.2, 0) is 16.1 Å². The van der Waals surface area contributed by atoms with Crippen molar-refractivity contribution < 1.29 is 23.5 Å². The molecule has 0 saturated heterocycles. The molecular weight excluding hydrogens is 352 g/mol. The second-order valence-electron chi connectivity index (χ2n) is 5.61. The first-order valence-corrected chi connectivity index (χ1v) is 8.27. The molecule has 1 amide bonds. The molecule has 8 nitrogen and oxygen atoms in total. The number of oxazole rings is 1. The fourth-order valence-electron chi connectivity index (χ4n) is 2.65. The van der Waals surface area contributed by atoms with E-state index >= 15 is 0 Å². The minimum atomic E-state index is -0.694. The maximum atomic E-state index is 12.4. The van der Waals surface area contributed by atoms with Crippen LogP contribution in [0.15, 0.2) is 51.7 Å². The minimum absolute atomic E-state index is 0.199. The van der Waals surface area contributed by atoms with E-state index in [1.165, 1.54) is 29.9 Å². The second kappa shape index (κ2) is 7.77. The van der Waals surface area contributed by atoms with E-state index in [9.17, 15) is 14.4 Å². The standard InChI is InChI=1S/C19H18N2O6/c1-3-26-15-7-5-4-6-13(15)20-17(22)11-21-14-9-8-12(18(23)25-2)10-16(14)27-19(21)24/h4-10H,3,11H2,1-2H3,(H,20,22). The average molecular weight is 370 g/mol. The molecule has 0 saturated carbocycles. The molecule has 1 heterocycles. The van der Waals surface area contributed by atoms with Crippen molar-refractivity contribution in [1.29, 1.82) is 0 Å². The van der Waals surface area contributed by atoms with Crippen LogP contribution in [0.25, 0.3) is 11.1 Å². The average Bonchev–Trinajstić information content (AvgIpc) is 2.97. The SMILES string of the molecule is CCOc1ccccc1NC(=O)Cn1c(=O)oc2cc(C(=O)OC)ccc21. The van der Waals surface area contributed by atoms with Crippen LogP contribution >= 0.6 is 0 Å². The van der Waals surface area contributed by atoms with Crippen molar-refractivity contribution >= 4 is 28.7 Å². The molecule has 0 spiro atoms. The topological polar surface area (TPSA) is 99.8 Å². The Kier molecular flexibility index (Phi) is 5.25. The third-order valence-electron chi connectivity index (χ3n) is 3.85. The zero-order valence-electron chi connectivity index (χ0n) is 14.9. The summed E-state index contributed by atoms with van der Waals surface area (Å²) in [6, 6.07) is 11.5. The van der Waals surface area contributed by atoms with Gasteiger partial charge in [-0.3, -0.25) is 9.36 Å². The van der Waals surface area contributed by atoms with Crippen LogP contribution in [0.3, 0.4) is 0 Å². The molecule has 1 aromatic heterocycles. The Labute approximate surface area is 154 Å². The number of carbonyl (C=O) groups excluding carboxylic acids is 2. The van der Waals surface area contributed by atoms with Gasteiger partial charge in [0.1, 0.15) is 12.3 Å². The molecule has 27 heavy (non-hydrogen) atoms. The fraction of sp³-hybridized carbons (Fsp3) is 0.211. The number of aromatic nitrogens is 1. The number of nitrogens with zero attached hydrogens (tertiary/aromatic N) is 1. The number of para-hydroxylation sites is 2. The number of fused-ring (bicyclic) bond motifs is 1. The van der Waals surface area contributed by atoms with Gasteiger partial charge in [0.15, 0.2) is 5.58 Å². The van der Waals surface area contributed by atoms with Crippen molar-refractivity contribution in [2.24, 2.45) is 0 Å². The van der Waals surface area contributed by atoms with Crippen molar-refractivity contribution in [3.8, 4) is 5.75 Å². The molecule has 0 atom stereocenters. The van der Waals surface area contributed by atoms with E-state index in [1.54, 1.807) is 24.3 Å². The lowest BCUT2D eigenvalue weighted by Crippen LogP contribution is -2.25. The van der Waals surface area contributed by atoms with E-state index in [0.29, 0.717) is 23.6 Å². The molecule has 0 aliphatic heterocycles. The molecule has 8 heteroatoms. The van der Waals surface area contributed by atoms with E-state index < -0.39 is 17.6 Å². The monoisotopic (exact) mass is 370 g/mol. The zero-order chi connectivity index (χ0) is 19.4. The van der Waals surface area contributed by atoms with Crippen LogP contribution in [0, 0.1) is 0 Å². The number of carbonyl (C=O) groups is 2. The highest BCUT2D eigenvalue weighted by Crippen LogP contribution is 2.24. The maximum Gasteiger partial charge on any atom is 0.420 e. The Morgan fingerprint density at radius 3 is 2.70 bits per heavy atom. The predicted molar refractivity (Wildman–Crippen MR) is 98.1 cm³/mol. The molecule has 3 aromatic rings. The third-order valence-corrected chi connectivity index (χ3v) is 3.85. The predicted octanol–water partition coefficient (Wildman–Crippen LogP) is 2.42. The van der Waals surface area contributed by atoms with Crippen molar-refractivity contribution in [2.75, 3.05) is 19.0 Å². The molecule has 1 N–H and O–H groups in total. The summed E-state index contributed by atoms with van der Waals surface area (Å²) in [5, 5.41) is 2.72. The van der Waals surface area contributed by atoms with Gasteiger partial charge >= 0.3 is 11.7 Å². The van der Waals surface area contributed by atoms with E-state index in [4.69, 9.17) is 9.15 Å². The van der Waals surface area contributed by atoms with Gasteiger partial charge in [-0.2, -0.15) is 0 Å². The van der Waals surface area contributed by atoms with Crippen LogP contribution < -0.4 is 15.8 Å². The Hall–Kier alpha value is -3.55. The molecule has 140 valence electrons. The number of nitrogens with one attached hydrogen (secondary N) is 1. The number of anilines is 1. The van der Waals surface area contributed by atoms with E-state index in [-0.39, 0.29) is 17.7 Å².